The third-order valence-electron chi connectivity index (χ3n) is 3.52. The zero-order chi connectivity index (χ0) is 16.0. The van der Waals surface area contributed by atoms with E-state index >= 15 is 0 Å². The van der Waals surface area contributed by atoms with Crippen molar-refractivity contribution < 1.29 is 4.79 Å². The lowest BCUT2D eigenvalue weighted by Gasteiger charge is -2.19. The predicted molar refractivity (Wildman–Crippen MR) is 84.4 cm³/mol. The number of tetrazole rings is 1. The molecule has 2 N–H and O–H groups in total. The number of hydrogen-bond acceptors (Lipinski definition) is 4. The van der Waals surface area contributed by atoms with Crippen LogP contribution in [0.4, 0.5) is 0 Å². The lowest BCUT2D eigenvalue weighted by atomic mass is 9.86. The molecule has 0 saturated heterocycles. The summed E-state index contributed by atoms with van der Waals surface area (Å²) in [6.07, 6.45) is 1.82. The number of carbonyl (C=O) groups is 1. The van der Waals surface area contributed by atoms with Crippen LogP contribution in [0.1, 0.15) is 44.1 Å². The molecule has 22 heavy (non-hydrogen) atoms. The standard InChI is InChI=1S/C16H23N5O/c1-16(2,3)13-7-4-12(5-8-13)6-9-15(22)17-11-10-14-18-20-21-19-14/h4-5,7-8H,6,9-11H2,1-3H3,(H,17,22)(H,18,19,20,21). The number of nitrogens with one attached hydrogen (secondary N) is 2. The molecule has 0 spiro atoms. The van der Waals surface area contributed by atoms with Gasteiger partial charge in [-0.2, -0.15) is 5.21 Å². The molecule has 6 heteroatoms. The SMILES string of the molecule is CC(C)(C)c1ccc(CCC(=O)NCCc2nn[nH]n2)cc1. The molecule has 6 nitrogen and oxygen atoms in total. The molecule has 0 radical (unpaired) electrons. The number of H-pyrrole nitrogens is 1. The number of rotatable bonds is 6. The Balaban J connectivity index is 1.71. The van der Waals surface area contributed by atoms with E-state index in [1.807, 2.05) is 0 Å². The van der Waals surface area contributed by atoms with Gasteiger partial charge in [0.1, 0.15) is 0 Å². The van der Waals surface area contributed by atoms with Crippen molar-refractivity contribution in [1.29, 1.82) is 0 Å². The molecule has 0 aliphatic carbocycles. The second-order valence-corrected chi connectivity index (χ2v) is 6.37. The van der Waals surface area contributed by atoms with Crippen LogP contribution in [0.25, 0.3) is 0 Å². The number of benzene rings is 1. The summed E-state index contributed by atoms with van der Waals surface area (Å²) in [6.45, 7) is 7.11. The quantitative estimate of drug-likeness (QED) is 0.852. The molecule has 0 bridgehead atoms. The molecule has 118 valence electrons. The van der Waals surface area contributed by atoms with Crippen LogP contribution in [0.2, 0.25) is 0 Å². The summed E-state index contributed by atoms with van der Waals surface area (Å²) in [4.78, 5) is 11.8. The number of nitrogens with zero attached hydrogens (tertiary/aromatic N) is 3. The normalized spacial score (nSPS) is 11.4. The van der Waals surface area contributed by atoms with Crippen molar-refractivity contribution in [3.05, 3.63) is 41.2 Å². The molecule has 0 fully saturated rings. The minimum absolute atomic E-state index is 0.0448. The maximum absolute atomic E-state index is 11.8. The van der Waals surface area contributed by atoms with Crippen molar-refractivity contribution in [1.82, 2.24) is 25.9 Å². The molecule has 0 unspecified atom stereocenters. The van der Waals surface area contributed by atoms with E-state index in [4.69, 9.17) is 0 Å². The van der Waals surface area contributed by atoms with Crippen molar-refractivity contribution in [2.24, 2.45) is 0 Å². The van der Waals surface area contributed by atoms with Gasteiger partial charge < -0.3 is 5.32 Å². The van der Waals surface area contributed by atoms with E-state index in [1.165, 1.54) is 11.1 Å². The Kier molecular flexibility index (Phi) is 5.25. The minimum atomic E-state index is 0.0448. The second kappa shape index (κ2) is 7.15. The van der Waals surface area contributed by atoms with Crippen molar-refractivity contribution in [2.75, 3.05) is 6.54 Å². The van der Waals surface area contributed by atoms with E-state index in [0.717, 1.165) is 6.42 Å². The summed E-state index contributed by atoms with van der Waals surface area (Å²) in [5, 5.41) is 16.4. The van der Waals surface area contributed by atoms with Crippen molar-refractivity contribution in [3.63, 3.8) is 0 Å². The molecule has 1 aromatic heterocycles. The maximum Gasteiger partial charge on any atom is 0.220 e. The van der Waals surface area contributed by atoms with E-state index < -0.39 is 0 Å². The molecule has 0 saturated carbocycles. The van der Waals surface area contributed by atoms with Gasteiger partial charge in [0.2, 0.25) is 5.91 Å². The van der Waals surface area contributed by atoms with Gasteiger partial charge in [0.15, 0.2) is 5.82 Å². The number of hydrogen-bond donors (Lipinski definition) is 2. The predicted octanol–water partition coefficient (Wildman–Crippen LogP) is 1.79. The van der Waals surface area contributed by atoms with Crippen LogP contribution in [-0.2, 0) is 23.1 Å². The molecule has 0 aliphatic heterocycles. The van der Waals surface area contributed by atoms with E-state index in [9.17, 15) is 4.79 Å². The van der Waals surface area contributed by atoms with Gasteiger partial charge in [-0.3, -0.25) is 4.79 Å². The summed E-state index contributed by atoms with van der Waals surface area (Å²) >= 11 is 0. The zero-order valence-corrected chi connectivity index (χ0v) is 13.4. The fourth-order valence-corrected chi connectivity index (χ4v) is 2.12. The van der Waals surface area contributed by atoms with Crippen molar-refractivity contribution in [2.45, 2.75) is 45.4 Å². The van der Waals surface area contributed by atoms with Gasteiger partial charge in [-0.05, 0) is 23.0 Å². The van der Waals surface area contributed by atoms with Gasteiger partial charge in [-0.15, -0.1) is 10.2 Å². The monoisotopic (exact) mass is 301 g/mol. The van der Waals surface area contributed by atoms with Crippen LogP contribution >= 0.6 is 0 Å². The largest absolute Gasteiger partial charge is 0.356 e. The van der Waals surface area contributed by atoms with Crippen LogP contribution in [-0.4, -0.2) is 33.1 Å². The van der Waals surface area contributed by atoms with Crippen LogP contribution in [0.3, 0.4) is 0 Å². The molecule has 0 atom stereocenters. The highest BCUT2D eigenvalue weighted by Crippen LogP contribution is 2.22. The Morgan fingerprint density at radius 1 is 1.18 bits per heavy atom. The first-order valence-electron chi connectivity index (χ1n) is 7.53. The molecule has 2 aromatic rings. The van der Waals surface area contributed by atoms with E-state index in [1.54, 1.807) is 0 Å². The second-order valence-electron chi connectivity index (χ2n) is 6.37. The maximum atomic E-state index is 11.8. The van der Waals surface area contributed by atoms with Crippen LogP contribution in [0, 0.1) is 0 Å². The first kappa shape index (κ1) is 16.1. The number of aromatic amines is 1. The lowest BCUT2D eigenvalue weighted by Crippen LogP contribution is -2.26. The first-order chi connectivity index (χ1) is 10.4. The topological polar surface area (TPSA) is 83.6 Å². The highest BCUT2D eigenvalue weighted by Gasteiger charge is 2.12. The van der Waals surface area contributed by atoms with Gasteiger partial charge >= 0.3 is 0 Å². The van der Waals surface area contributed by atoms with Crippen molar-refractivity contribution in [3.8, 4) is 0 Å². The highest BCUT2D eigenvalue weighted by molar-refractivity contribution is 5.76. The van der Waals surface area contributed by atoms with Gasteiger partial charge in [0.25, 0.3) is 0 Å². The summed E-state index contributed by atoms with van der Waals surface area (Å²) < 4.78 is 0. The molecular formula is C16H23N5O. The molecule has 1 aromatic carbocycles. The van der Waals surface area contributed by atoms with Gasteiger partial charge in [0, 0.05) is 19.4 Å². The van der Waals surface area contributed by atoms with Gasteiger partial charge in [0.05, 0.1) is 0 Å². The summed E-state index contributed by atoms with van der Waals surface area (Å²) in [7, 11) is 0. The van der Waals surface area contributed by atoms with Gasteiger partial charge in [-0.25, -0.2) is 0 Å². The Bertz CT molecular complexity index is 584. The fraction of sp³-hybridized carbons (Fsp3) is 0.500. The number of carbonyl (C=O) groups excluding carboxylic acids is 1. The molecular weight excluding hydrogens is 278 g/mol. The smallest absolute Gasteiger partial charge is 0.220 e. The van der Waals surface area contributed by atoms with Crippen molar-refractivity contribution >= 4 is 5.91 Å². The third-order valence-corrected chi connectivity index (χ3v) is 3.52. The zero-order valence-electron chi connectivity index (χ0n) is 13.4. The van der Waals surface area contributed by atoms with Crippen LogP contribution < -0.4 is 5.32 Å². The average molecular weight is 301 g/mol. The molecule has 0 aliphatic rings. The Morgan fingerprint density at radius 2 is 1.91 bits per heavy atom. The lowest BCUT2D eigenvalue weighted by molar-refractivity contribution is -0.121. The molecule has 1 heterocycles. The fourth-order valence-electron chi connectivity index (χ4n) is 2.12. The van der Waals surface area contributed by atoms with Crippen LogP contribution in [0.15, 0.2) is 24.3 Å². The number of aryl methyl sites for hydroxylation is 1. The molecule has 2 rings (SSSR count). The van der Waals surface area contributed by atoms with Crippen LogP contribution in [0.5, 0.6) is 0 Å². The Hall–Kier alpha value is -2.24. The summed E-state index contributed by atoms with van der Waals surface area (Å²) in [5.41, 5.74) is 2.65. The summed E-state index contributed by atoms with van der Waals surface area (Å²) in [6, 6.07) is 8.49. The Morgan fingerprint density at radius 3 is 2.50 bits per heavy atom. The number of aromatic nitrogens is 4. The highest BCUT2D eigenvalue weighted by atomic mass is 16.1. The summed E-state index contributed by atoms with van der Waals surface area (Å²) in [5.74, 6) is 0.654. The molecule has 1 amide bonds. The minimum Gasteiger partial charge on any atom is -0.356 e. The van der Waals surface area contributed by atoms with E-state index in [0.29, 0.717) is 25.2 Å². The van der Waals surface area contributed by atoms with Gasteiger partial charge in [-0.1, -0.05) is 50.3 Å². The first-order valence-corrected chi connectivity index (χ1v) is 7.53. The number of amides is 1. The average Bonchev–Trinajstić information content (AvgIpc) is 2.98. The van der Waals surface area contributed by atoms with E-state index in [2.05, 4.69) is 71.0 Å². The third kappa shape index (κ3) is 4.95. The Labute approximate surface area is 130 Å². The van der Waals surface area contributed by atoms with E-state index in [-0.39, 0.29) is 11.3 Å².